The summed E-state index contributed by atoms with van der Waals surface area (Å²) in [5.41, 5.74) is 2.18. The van der Waals surface area contributed by atoms with Crippen LogP contribution in [-0.4, -0.2) is 29.6 Å². The number of hydrogen-bond donors (Lipinski definition) is 0. The fraction of sp³-hybridized carbons (Fsp3) is 0.300. The molecule has 26 heavy (non-hydrogen) atoms. The van der Waals surface area contributed by atoms with Gasteiger partial charge in [-0.05, 0) is 30.5 Å². The summed E-state index contributed by atoms with van der Waals surface area (Å²) in [5, 5.41) is 6.19. The van der Waals surface area contributed by atoms with Crippen LogP contribution in [0.15, 0.2) is 47.6 Å². The van der Waals surface area contributed by atoms with Crippen LogP contribution in [0.3, 0.4) is 0 Å². The summed E-state index contributed by atoms with van der Waals surface area (Å²) in [4.78, 5) is 14.1. The van der Waals surface area contributed by atoms with Gasteiger partial charge in [0.15, 0.2) is 17.4 Å². The summed E-state index contributed by atoms with van der Waals surface area (Å²) < 4.78 is 27.6. The van der Waals surface area contributed by atoms with Crippen molar-refractivity contribution < 1.29 is 13.6 Å². The van der Waals surface area contributed by atoms with Gasteiger partial charge in [0.05, 0.1) is 18.8 Å². The molecule has 0 aliphatic carbocycles. The molecule has 134 valence electrons. The molecular weight excluding hydrogens is 336 g/mol. The third-order valence-electron chi connectivity index (χ3n) is 4.78. The second-order valence-electron chi connectivity index (χ2n) is 6.65. The minimum Gasteiger partial charge on any atom is -0.347 e. The smallest absolute Gasteiger partial charge is 0.157 e. The Morgan fingerprint density at radius 3 is 2.69 bits per heavy atom. The third kappa shape index (κ3) is 3.19. The zero-order valence-corrected chi connectivity index (χ0v) is 14.3. The van der Waals surface area contributed by atoms with Crippen molar-refractivity contribution in [2.45, 2.75) is 25.8 Å². The van der Waals surface area contributed by atoms with Crippen LogP contribution in [0.25, 0.3) is 0 Å². The molecule has 2 aliphatic rings. The first-order valence-electron chi connectivity index (χ1n) is 8.78. The van der Waals surface area contributed by atoms with Crippen molar-refractivity contribution in [2.75, 3.05) is 18.1 Å². The van der Waals surface area contributed by atoms with E-state index >= 15 is 0 Å². The normalized spacial score (nSPS) is 17.6. The van der Waals surface area contributed by atoms with Gasteiger partial charge in [0.25, 0.3) is 0 Å². The predicted molar refractivity (Wildman–Crippen MR) is 96.0 cm³/mol. The van der Waals surface area contributed by atoms with E-state index in [1.807, 2.05) is 29.2 Å². The monoisotopic (exact) mass is 355 g/mol. The summed E-state index contributed by atoms with van der Waals surface area (Å²) in [6.45, 7) is 1.44. The molecule has 0 bridgehead atoms. The molecule has 1 saturated heterocycles. The average Bonchev–Trinajstić information content (AvgIpc) is 2.85. The first-order chi connectivity index (χ1) is 12.6. The van der Waals surface area contributed by atoms with Crippen molar-refractivity contribution in [2.24, 2.45) is 5.10 Å². The molecule has 2 aliphatic heterocycles. The van der Waals surface area contributed by atoms with Gasteiger partial charge in [-0.2, -0.15) is 5.10 Å². The number of carbonyl (C=O) groups excluding carboxylic acids is 1. The minimum absolute atomic E-state index is 0.188. The number of halogens is 2. The minimum atomic E-state index is -0.653. The second kappa shape index (κ2) is 6.86. The number of hydrazone groups is 1. The zero-order valence-electron chi connectivity index (χ0n) is 14.3. The number of carbonyl (C=O) groups is 1. The predicted octanol–water partition coefficient (Wildman–Crippen LogP) is 3.70. The molecule has 2 heterocycles. The standard InChI is InChI=1S/C20H19F2N3O/c21-15-8-9-19(18(22)11-15)25-12-14-5-1-2-7-17(14)20(23-25)24-10-4-3-6-16(26)13-24/h1-2,5,7-9,11H,3-4,6,10,12-13H2. The summed E-state index contributed by atoms with van der Waals surface area (Å²) >= 11 is 0. The van der Waals surface area contributed by atoms with Gasteiger partial charge in [-0.1, -0.05) is 24.3 Å². The molecule has 4 rings (SSSR count). The van der Waals surface area contributed by atoms with E-state index in [9.17, 15) is 13.6 Å². The van der Waals surface area contributed by atoms with E-state index in [2.05, 4.69) is 5.10 Å². The molecule has 0 aromatic heterocycles. The number of ketones is 1. The Bertz CT molecular complexity index is 881. The first kappa shape index (κ1) is 16.7. The first-order valence-corrected chi connectivity index (χ1v) is 8.78. The van der Waals surface area contributed by atoms with Gasteiger partial charge < -0.3 is 4.90 Å². The molecule has 0 atom stereocenters. The fourth-order valence-electron chi connectivity index (χ4n) is 3.48. The highest BCUT2D eigenvalue weighted by Crippen LogP contribution is 2.28. The third-order valence-corrected chi connectivity index (χ3v) is 4.78. The molecular formula is C20H19F2N3O. The van der Waals surface area contributed by atoms with Crippen LogP contribution in [0, 0.1) is 11.6 Å². The van der Waals surface area contributed by atoms with E-state index in [0.29, 0.717) is 25.3 Å². The lowest BCUT2D eigenvalue weighted by molar-refractivity contribution is -0.118. The van der Waals surface area contributed by atoms with Crippen LogP contribution in [0.1, 0.15) is 30.4 Å². The number of amidine groups is 1. The zero-order chi connectivity index (χ0) is 18.1. The Balaban J connectivity index is 1.77. The molecule has 2 aromatic carbocycles. The summed E-state index contributed by atoms with van der Waals surface area (Å²) in [6, 6.07) is 11.3. The maximum absolute atomic E-state index is 14.3. The van der Waals surface area contributed by atoms with E-state index in [4.69, 9.17) is 0 Å². The molecule has 0 spiro atoms. The fourth-order valence-corrected chi connectivity index (χ4v) is 3.48. The number of nitrogens with zero attached hydrogens (tertiary/aromatic N) is 3. The van der Waals surface area contributed by atoms with Crippen molar-refractivity contribution >= 4 is 17.3 Å². The maximum atomic E-state index is 14.3. The molecule has 6 heteroatoms. The number of fused-ring (bicyclic) bond motifs is 1. The number of hydrogen-bond acceptors (Lipinski definition) is 4. The lowest BCUT2D eigenvalue weighted by atomic mass is 10.0. The highest BCUT2D eigenvalue weighted by atomic mass is 19.1. The largest absolute Gasteiger partial charge is 0.347 e. The lowest BCUT2D eigenvalue weighted by Gasteiger charge is -2.32. The van der Waals surface area contributed by atoms with Crippen molar-refractivity contribution in [1.29, 1.82) is 0 Å². The van der Waals surface area contributed by atoms with Crippen molar-refractivity contribution in [3.8, 4) is 0 Å². The van der Waals surface area contributed by atoms with E-state index in [-0.39, 0.29) is 11.5 Å². The molecule has 0 unspecified atom stereocenters. The van der Waals surface area contributed by atoms with Gasteiger partial charge in [0.1, 0.15) is 5.82 Å². The topological polar surface area (TPSA) is 35.9 Å². The molecule has 0 N–H and O–H groups in total. The van der Waals surface area contributed by atoms with Crippen molar-refractivity contribution in [3.05, 3.63) is 65.2 Å². The summed E-state index contributed by atoms with van der Waals surface area (Å²) in [5.74, 6) is -0.413. The van der Waals surface area contributed by atoms with Gasteiger partial charge in [0.2, 0.25) is 0 Å². The lowest BCUT2D eigenvalue weighted by Crippen LogP contribution is -2.40. The van der Waals surface area contributed by atoms with Crippen LogP contribution in [0.4, 0.5) is 14.5 Å². The van der Waals surface area contributed by atoms with E-state index in [1.165, 1.54) is 12.1 Å². The average molecular weight is 355 g/mol. The highest BCUT2D eigenvalue weighted by molar-refractivity contribution is 6.03. The number of benzene rings is 2. The Morgan fingerprint density at radius 1 is 1.00 bits per heavy atom. The summed E-state index contributed by atoms with van der Waals surface area (Å²) in [6.07, 6.45) is 2.38. The Labute approximate surface area is 150 Å². The van der Waals surface area contributed by atoms with Gasteiger partial charge in [0, 0.05) is 24.6 Å². The van der Waals surface area contributed by atoms with Gasteiger partial charge in [-0.25, -0.2) is 8.78 Å². The van der Waals surface area contributed by atoms with E-state index in [0.717, 1.165) is 36.6 Å². The Hall–Kier alpha value is -2.76. The molecule has 1 fully saturated rings. The number of rotatable bonds is 1. The number of Topliss-reactive ketones (excluding diaryl/α,β-unsaturated/α-hetero) is 1. The molecule has 0 saturated carbocycles. The van der Waals surface area contributed by atoms with Crippen LogP contribution < -0.4 is 5.01 Å². The van der Waals surface area contributed by atoms with Crippen LogP contribution in [0.5, 0.6) is 0 Å². The van der Waals surface area contributed by atoms with Gasteiger partial charge in [-0.3, -0.25) is 9.80 Å². The molecule has 0 amide bonds. The Morgan fingerprint density at radius 2 is 1.85 bits per heavy atom. The van der Waals surface area contributed by atoms with E-state index in [1.54, 1.807) is 5.01 Å². The Kier molecular flexibility index (Phi) is 4.41. The second-order valence-corrected chi connectivity index (χ2v) is 6.65. The van der Waals surface area contributed by atoms with Crippen LogP contribution >= 0.6 is 0 Å². The maximum Gasteiger partial charge on any atom is 0.157 e. The van der Waals surface area contributed by atoms with Gasteiger partial charge in [-0.15, -0.1) is 0 Å². The molecule has 0 radical (unpaired) electrons. The molecule has 2 aromatic rings. The van der Waals surface area contributed by atoms with Crippen molar-refractivity contribution in [1.82, 2.24) is 4.90 Å². The SMILES string of the molecule is O=C1CCCCN(C2=NN(c3ccc(F)cc3F)Cc3ccccc32)C1. The van der Waals surface area contributed by atoms with Crippen LogP contribution in [-0.2, 0) is 11.3 Å². The van der Waals surface area contributed by atoms with Gasteiger partial charge >= 0.3 is 0 Å². The summed E-state index contributed by atoms with van der Waals surface area (Å²) in [7, 11) is 0. The van der Waals surface area contributed by atoms with E-state index < -0.39 is 11.6 Å². The van der Waals surface area contributed by atoms with Crippen LogP contribution in [0.2, 0.25) is 0 Å². The number of anilines is 1. The quantitative estimate of drug-likeness (QED) is 0.783. The molecule has 4 nitrogen and oxygen atoms in total. The highest BCUT2D eigenvalue weighted by Gasteiger charge is 2.27. The van der Waals surface area contributed by atoms with Crippen molar-refractivity contribution in [3.63, 3.8) is 0 Å². The number of likely N-dealkylation sites (tertiary alicyclic amines) is 1.